The summed E-state index contributed by atoms with van der Waals surface area (Å²) < 4.78 is 42.7. The van der Waals surface area contributed by atoms with Gasteiger partial charge in [-0.25, -0.2) is 14.5 Å². The third kappa shape index (κ3) is 7.90. The highest BCUT2D eigenvalue weighted by atomic mass is 32.2. The van der Waals surface area contributed by atoms with Crippen LogP contribution in [-0.4, -0.2) is 50.0 Å². The molecule has 0 saturated carbocycles. The maximum Gasteiger partial charge on any atom is 0.573 e. The van der Waals surface area contributed by atoms with Crippen LogP contribution in [0.4, 0.5) is 23.7 Å². The van der Waals surface area contributed by atoms with Gasteiger partial charge in [-0.1, -0.05) is 55.9 Å². The van der Waals surface area contributed by atoms with Crippen molar-refractivity contribution in [2.45, 2.75) is 52.4 Å². The number of nitrogens with zero attached hydrogens (tertiary/aromatic N) is 5. The van der Waals surface area contributed by atoms with Crippen LogP contribution in [0.3, 0.4) is 0 Å². The number of thioether (sulfide) groups is 1. The normalized spacial score (nSPS) is 15.2. The Morgan fingerprint density at radius 3 is 2.56 bits per heavy atom. The fourth-order valence-corrected chi connectivity index (χ4v) is 5.77. The van der Waals surface area contributed by atoms with Crippen LogP contribution in [0.2, 0.25) is 0 Å². The minimum Gasteiger partial charge on any atom is -0.406 e. The van der Waals surface area contributed by atoms with E-state index in [1.165, 1.54) is 51.9 Å². The van der Waals surface area contributed by atoms with Gasteiger partial charge >= 0.3 is 12.4 Å². The second-order valence-electron chi connectivity index (χ2n) is 10.9. The summed E-state index contributed by atoms with van der Waals surface area (Å²) in [5, 5.41) is 7.71. The van der Waals surface area contributed by atoms with Gasteiger partial charge in [0.15, 0.2) is 11.0 Å². The molecule has 1 saturated heterocycles. The molecular formula is C32H31F3N6O3S. The zero-order valence-corrected chi connectivity index (χ0v) is 25.8. The lowest BCUT2D eigenvalue weighted by molar-refractivity contribution is -0.274. The topological polar surface area (TPSA) is 102 Å². The molecule has 13 heteroatoms. The molecule has 1 aromatic heterocycles. The van der Waals surface area contributed by atoms with Gasteiger partial charge in [-0.2, -0.15) is 4.99 Å². The van der Waals surface area contributed by atoms with E-state index in [4.69, 9.17) is 0 Å². The quantitative estimate of drug-likeness (QED) is 0.223. The molecule has 3 aromatic carbocycles. The lowest BCUT2D eigenvalue weighted by Gasteiger charge is -2.22. The highest BCUT2D eigenvalue weighted by Crippen LogP contribution is 2.34. The number of urea groups is 1. The summed E-state index contributed by atoms with van der Waals surface area (Å²) in [6.07, 6.45) is -2.80. The van der Waals surface area contributed by atoms with Gasteiger partial charge in [0, 0.05) is 11.6 Å². The van der Waals surface area contributed by atoms with Crippen molar-refractivity contribution in [3.8, 4) is 22.8 Å². The molecule has 1 unspecified atom stereocenters. The van der Waals surface area contributed by atoms with Gasteiger partial charge < -0.3 is 10.1 Å². The van der Waals surface area contributed by atoms with E-state index in [1.807, 2.05) is 56.3 Å². The monoisotopic (exact) mass is 636 g/mol. The van der Waals surface area contributed by atoms with Gasteiger partial charge in [-0.05, 0) is 79.3 Å². The van der Waals surface area contributed by atoms with Crippen LogP contribution in [0.15, 0.2) is 78.0 Å². The van der Waals surface area contributed by atoms with Crippen molar-refractivity contribution in [2.24, 2.45) is 4.99 Å². The Labute approximate surface area is 262 Å². The van der Waals surface area contributed by atoms with Crippen LogP contribution < -0.4 is 15.0 Å². The lowest BCUT2D eigenvalue weighted by atomic mass is 9.99. The summed E-state index contributed by atoms with van der Waals surface area (Å²) in [4.78, 5) is 35.9. The number of alkyl halides is 3. The third-order valence-corrected chi connectivity index (χ3v) is 7.86. The second-order valence-corrected chi connectivity index (χ2v) is 11.9. The first-order chi connectivity index (χ1) is 21.4. The number of nitrogens with one attached hydrogen (secondary N) is 1. The molecular weight excluding hydrogens is 605 g/mol. The zero-order chi connectivity index (χ0) is 32.3. The Balaban J connectivity index is 1.24. The number of rotatable bonds is 8. The van der Waals surface area contributed by atoms with E-state index < -0.39 is 12.4 Å². The highest BCUT2D eigenvalue weighted by Gasteiger charge is 2.33. The van der Waals surface area contributed by atoms with Crippen LogP contribution >= 0.6 is 11.8 Å². The molecule has 0 aliphatic carbocycles. The number of aryl methyl sites for hydroxylation is 1. The molecule has 45 heavy (non-hydrogen) atoms. The zero-order valence-electron chi connectivity index (χ0n) is 25.0. The van der Waals surface area contributed by atoms with Gasteiger partial charge in [0.1, 0.15) is 12.1 Å². The van der Waals surface area contributed by atoms with Crippen molar-refractivity contribution >= 4 is 34.6 Å². The molecule has 4 aromatic rings. The summed E-state index contributed by atoms with van der Waals surface area (Å²) in [5.41, 5.74) is 4.93. The average Bonchev–Trinajstić information content (AvgIpc) is 3.59. The maximum absolute atomic E-state index is 12.9. The van der Waals surface area contributed by atoms with E-state index in [2.05, 4.69) is 39.0 Å². The number of ether oxygens (including phenoxy) is 1. The molecule has 0 bridgehead atoms. The fraction of sp³-hybridized carbons (Fsp3) is 0.281. The van der Waals surface area contributed by atoms with Gasteiger partial charge in [-0.15, -0.1) is 18.3 Å². The van der Waals surface area contributed by atoms with Gasteiger partial charge in [0.05, 0.1) is 17.1 Å². The van der Waals surface area contributed by atoms with Crippen LogP contribution in [0.5, 0.6) is 5.75 Å². The number of hydrogen-bond donors (Lipinski definition) is 1. The van der Waals surface area contributed by atoms with Crippen molar-refractivity contribution in [3.05, 3.63) is 89.7 Å². The average molecular weight is 637 g/mol. The first-order valence-electron chi connectivity index (χ1n) is 14.2. The van der Waals surface area contributed by atoms with Gasteiger partial charge in [0.25, 0.3) is 0 Å². The first kappa shape index (κ1) is 31.8. The summed E-state index contributed by atoms with van der Waals surface area (Å²) >= 11 is 1.24. The largest absolute Gasteiger partial charge is 0.573 e. The van der Waals surface area contributed by atoms with Crippen molar-refractivity contribution in [1.29, 1.82) is 0 Å². The number of amides is 3. The Bertz CT molecular complexity index is 1740. The van der Waals surface area contributed by atoms with E-state index in [1.54, 1.807) is 0 Å². The summed E-state index contributed by atoms with van der Waals surface area (Å²) in [5.74, 6) is 0.373. The minimum absolute atomic E-state index is 0.118. The van der Waals surface area contributed by atoms with E-state index in [0.717, 1.165) is 27.9 Å². The molecule has 1 N–H and O–H groups in total. The number of halogens is 3. The van der Waals surface area contributed by atoms with Gasteiger partial charge in [-0.3, -0.25) is 9.69 Å². The second kappa shape index (κ2) is 13.1. The Kier molecular flexibility index (Phi) is 9.28. The molecule has 2 heterocycles. The lowest BCUT2D eigenvalue weighted by Crippen LogP contribution is -2.35. The molecule has 0 radical (unpaired) electrons. The fourth-order valence-electron chi connectivity index (χ4n) is 4.91. The molecule has 1 atom stereocenters. The third-order valence-electron chi connectivity index (χ3n) is 6.94. The molecule has 1 fully saturated rings. The highest BCUT2D eigenvalue weighted by molar-refractivity contribution is 8.15. The van der Waals surface area contributed by atoms with E-state index in [0.29, 0.717) is 23.1 Å². The number of hydrogen-bond acceptors (Lipinski definition) is 6. The molecule has 5 rings (SSSR count). The first-order valence-corrected chi connectivity index (χ1v) is 15.2. The van der Waals surface area contributed by atoms with Crippen molar-refractivity contribution in [3.63, 3.8) is 0 Å². The van der Waals surface area contributed by atoms with Crippen LogP contribution in [0, 0.1) is 6.92 Å². The summed E-state index contributed by atoms with van der Waals surface area (Å²) in [6.45, 7) is 7.94. The number of aromatic nitrogens is 3. The molecule has 234 valence electrons. The summed E-state index contributed by atoms with van der Waals surface area (Å²) in [7, 11) is 0. The van der Waals surface area contributed by atoms with Crippen LogP contribution in [0.25, 0.3) is 17.1 Å². The number of carbonyl (C=O) groups excluding carboxylic acids is 2. The molecule has 1 aliphatic rings. The predicted molar refractivity (Wildman–Crippen MR) is 168 cm³/mol. The standard InChI is InChI=1S/C32H31F3N6O3S/c1-19(2)26-13-8-20(3)14-27(26)41-28(42)17-45-31(41)38-30(43)37-21(4)15-22-6-5-7-23(16-22)29-36-18-40(39-29)24-9-11-25(12-10-24)44-32(33,34)35/h5-14,16,18-19,21H,15,17H2,1-4H3,(H,37,43). The number of aliphatic imine (C=N–C) groups is 1. The van der Waals surface area contributed by atoms with Crippen molar-refractivity contribution in [2.75, 3.05) is 10.7 Å². The summed E-state index contributed by atoms with van der Waals surface area (Å²) in [6, 6.07) is 18.0. The SMILES string of the molecule is Cc1ccc(C(C)C)c(N2C(=O)CSC2=NC(=O)NC(C)Cc2cccc(-c3ncn(-c4ccc(OC(F)(F)F)cc4)n3)c2)c1. The number of amidine groups is 1. The Morgan fingerprint density at radius 2 is 1.84 bits per heavy atom. The van der Waals surface area contributed by atoms with E-state index in [9.17, 15) is 22.8 Å². The number of anilines is 1. The molecule has 9 nitrogen and oxygen atoms in total. The van der Waals surface area contributed by atoms with Crippen LogP contribution in [-0.2, 0) is 11.2 Å². The van der Waals surface area contributed by atoms with Crippen LogP contribution in [0.1, 0.15) is 43.4 Å². The molecule has 3 amide bonds. The van der Waals surface area contributed by atoms with Crippen molar-refractivity contribution in [1.82, 2.24) is 20.1 Å². The molecule has 0 spiro atoms. The van der Waals surface area contributed by atoms with E-state index in [-0.39, 0.29) is 29.4 Å². The number of benzene rings is 3. The van der Waals surface area contributed by atoms with Gasteiger partial charge in [0.2, 0.25) is 5.91 Å². The smallest absolute Gasteiger partial charge is 0.406 e. The Morgan fingerprint density at radius 1 is 1.09 bits per heavy atom. The van der Waals surface area contributed by atoms with E-state index >= 15 is 0 Å². The predicted octanol–water partition coefficient (Wildman–Crippen LogP) is 7.04. The maximum atomic E-state index is 12.9. The molecule has 1 aliphatic heterocycles. The van der Waals surface area contributed by atoms with Crippen molar-refractivity contribution < 1.29 is 27.5 Å². The Hall–Kier alpha value is -4.65. The number of carbonyl (C=O) groups is 2. The minimum atomic E-state index is -4.77.